The third-order valence-electron chi connectivity index (χ3n) is 5.60. The zero-order valence-electron chi connectivity index (χ0n) is 17.3. The predicted molar refractivity (Wildman–Crippen MR) is 110 cm³/mol. The fourth-order valence-corrected chi connectivity index (χ4v) is 3.79. The van der Waals surface area contributed by atoms with Gasteiger partial charge in [-0.05, 0) is 18.4 Å². The van der Waals surface area contributed by atoms with Gasteiger partial charge in [-0.15, -0.1) is 0 Å². The number of carbonyl (C=O) groups excluding carboxylic acids is 2. The Morgan fingerprint density at radius 3 is 2.93 bits per heavy atom. The molecule has 2 aromatic heterocycles. The van der Waals surface area contributed by atoms with Crippen molar-refractivity contribution in [1.29, 1.82) is 5.26 Å². The van der Waals surface area contributed by atoms with Crippen LogP contribution in [-0.2, 0) is 14.3 Å². The molecule has 1 saturated heterocycles. The molecule has 1 fully saturated rings. The number of hydrogen-bond acceptors (Lipinski definition) is 8. The number of amides is 1. The number of nitriles is 1. The maximum Gasteiger partial charge on any atom is 0.350 e. The van der Waals surface area contributed by atoms with Crippen molar-refractivity contribution < 1.29 is 14.3 Å². The molecule has 1 amide bonds. The number of methoxy groups -OCH3 is 1. The highest BCUT2D eigenvalue weighted by Gasteiger charge is 2.33. The van der Waals surface area contributed by atoms with Crippen LogP contribution in [0.4, 0.5) is 5.82 Å². The lowest BCUT2D eigenvalue weighted by Gasteiger charge is -2.42. The molecule has 3 heterocycles. The minimum Gasteiger partial charge on any atom is -0.465 e. The molecule has 30 heavy (non-hydrogen) atoms. The first-order chi connectivity index (χ1) is 14.4. The summed E-state index contributed by atoms with van der Waals surface area (Å²) in [6.07, 6.45) is 3.94. The number of piperidine rings is 1. The van der Waals surface area contributed by atoms with Crippen molar-refractivity contribution in [3.05, 3.63) is 29.9 Å². The molecule has 3 rings (SSSR count). The second-order valence-electron chi connectivity index (χ2n) is 7.40. The zero-order valence-corrected chi connectivity index (χ0v) is 17.3. The summed E-state index contributed by atoms with van der Waals surface area (Å²) in [6.45, 7) is 3.22. The lowest BCUT2D eigenvalue weighted by molar-refractivity contribution is -0.135. The van der Waals surface area contributed by atoms with Gasteiger partial charge in [0.2, 0.25) is 5.91 Å². The summed E-state index contributed by atoms with van der Waals surface area (Å²) in [5.74, 6) is 0.0563. The normalized spacial score (nSPS) is 19.7. The lowest BCUT2D eigenvalue weighted by atomic mass is 9.92. The summed E-state index contributed by atoms with van der Waals surface area (Å²) >= 11 is 0. The Hall–Kier alpha value is -3.61. The molecule has 0 aromatic carbocycles. The number of nitrogens with zero attached hydrogens (tertiary/aromatic N) is 5. The van der Waals surface area contributed by atoms with Crippen molar-refractivity contribution in [2.45, 2.75) is 25.8 Å². The van der Waals surface area contributed by atoms with Crippen LogP contribution in [0.5, 0.6) is 0 Å². The number of nitrogens with one attached hydrogen (secondary N) is 1. The van der Waals surface area contributed by atoms with Crippen LogP contribution in [0.3, 0.4) is 0 Å². The predicted octanol–water partition coefficient (Wildman–Crippen LogP) is 0.931. The van der Waals surface area contributed by atoms with Crippen molar-refractivity contribution in [3.63, 3.8) is 0 Å². The van der Waals surface area contributed by atoms with Gasteiger partial charge in [0.1, 0.15) is 23.9 Å². The summed E-state index contributed by atoms with van der Waals surface area (Å²) in [7, 11) is 3.12. The third-order valence-corrected chi connectivity index (χ3v) is 5.60. The topological polar surface area (TPSA) is 141 Å². The van der Waals surface area contributed by atoms with Crippen molar-refractivity contribution in [2.75, 3.05) is 32.1 Å². The van der Waals surface area contributed by atoms with Crippen molar-refractivity contribution in [3.8, 4) is 6.07 Å². The summed E-state index contributed by atoms with van der Waals surface area (Å²) < 4.78 is 4.55. The average molecular weight is 411 g/mol. The van der Waals surface area contributed by atoms with E-state index in [1.807, 2.05) is 19.3 Å². The zero-order chi connectivity index (χ0) is 21.8. The molecular formula is C20H25N7O3. The Balaban J connectivity index is 1.77. The van der Waals surface area contributed by atoms with Crippen LogP contribution in [0.1, 0.15) is 19.8 Å². The van der Waals surface area contributed by atoms with Crippen molar-refractivity contribution in [1.82, 2.24) is 19.9 Å². The van der Waals surface area contributed by atoms with Gasteiger partial charge >= 0.3 is 5.97 Å². The first kappa shape index (κ1) is 21.1. The van der Waals surface area contributed by atoms with Crippen LogP contribution >= 0.6 is 0 Å². The number of esters is 1. The van der Waals surface area contributed by atoms with Crippen LogP contribution in [0.2, 0.25) is 0 Å². The van der Waals surface area contributed by atoms with Crippen LogP contribution in [0.15, 0.2) is 29.9 Å². The standard InChI is InChI=1S/C20H25N7O3/c1-12-5-7-27(17(28)8-15(22)14(9-21)20(29)30-3)10-16(12)26(2)19-13-4-6-23-18(13)24-11-25-19/h4,6,11-12,16H,5,7-8,10,22H2,1-3H3,(H,23,24,25)/b15-14+/t12-,16+/m1/s1. The number of anilines is 1. The summed E-state index contributed by atoms with van der Waals surface area (Å²) in [6, 6.07) is 3.68. The van der Waals surface area contributed by atoms with Crippen LogP contribution in [-0.4, -0.2) is 65.0 Å². The monoisotopic (exact) mass is 411 g/mol. The van der Waals surface area contributed by atoms with Gasteiger partial charge in [0.05, 0.1) is 25.0 Å². The number of carbonyl (C=O) groups is 2. The molecule has 0 radical (unpaired) electrons. The largest absolute Gasteiger partial charge is 0.465 e. The molecule has 0 unspecified atom stereocenters. The van der Waals surface area contributed by atoms with E-state index in [4.69, 9.17) is 11.0 Å². The number of likely N-dealkylation sites (N-methyl/N-ethyl adjacent to an activating group) is 1. The van der Waals surface area contributed by atoms with E-state index >= 15 is 0 Å². The number of fused-ring (bicyclic) bond motifs is 1. The van der Waals surface area contributed by atoms with Gasteiger partial charge in [0.25, 0.3) is 0 Å². The summed E-state index contributed by atoms with van der Waals surface area (Å²) in [4.78, 5) is 40.0. The molecule has 2 aromatic rings. The molecule has 10 nitrogen and oxygen atoms in total. The van der Waals surface area contributed by atoms with E-state index in [2.05, 4.69) is 31.5 Å². The lowest BCUT2D eigenvalue weighted by Crippen LogP contribution is -2.53. The number of aromatic amines is 1. The molecule has 2 atom stereocenters. The van der Waals surface area contributed by atoms with Gasteiger partial charge in [-0.3, -0.25) is 4.79 Å². The second kappa shape index (κ2) is 8.82. The molecule has 0 saturated carbocycles. The number of ether oxygens (including phenoxy) is 1. The quantitative estimate of drug-likeness (QED) is 0.420. The molecule has 1 aliphatic rings. The minimum absolute atomic E-state index is 0.0388. The molecule has 3 N–H and O–H groups in total. The maximum atomic E-state index is 12.8. The maximum absolute atomic E-state index is 12.8. The summed E-state index contributed by atoms with van der Waals surface area (Å²) in [5.41, 5.74) is 6.20. The van der Waals surface area contributed by atoms with Crippen LogP contribution < -0.4 is 10.6 Å². The first-order valence-corrected chi connectivity index (χ1v) is 9.63. The van der Waals surface area contributed by atoms with Crippen LogP contribution in [0, 0.1) is 17.2 Å². The van der Waals surface area contributed by atoms with Gasteiger partial charge in [-0.25, -0.2) is 14.8 Å². The Morgan fingerprint density at radius 2 is 2.23 bits per heavy atom. The number of H-pyrrole nitrogens is 1. The van der Waals surface area contributed by atoms with Crippen molar-refractivity contribution in [2.24, 2.45) is 11.7 Å². The van der Waals surface area contributed by atoms with E-state index in [-0.39, 0.29) is 29.6 Å². The first-order valence-electron chi connectivity index (χ1n) is 9.63. The van der Waals surface area contributed by atoms with Gasteiger partial charge < -0.3 is 25.3 Å². The van der Waals surface area contributed by atoms with E-state index in [1.165, 1.54) is 6.33 Å². The van der Waals surface area contributed by atoms with E-state index in [0.29, 0.717) is 19.0 Å². The fraction of sp³-hybridized carbons (Fsp3) is 0.450. The van der Waals surface area contributed by atoms with Gasteiger partial charge in [0, 0.05) is 32.0 Å². The van der Waals surface area contributed by atoms with Gasteiger partial charge in [0.15, 0.2) is 5.57 Å². The molecule has 0 aliphatic carbocycles. The number of aromatic nitrogens is 3. The molecule has 158 valence electrons. The smallest absolute Gasteiger partial charge is 0.350 e. The average Bonchev–Trinajstić information content (AvgIpc) is 3.22. The van der Waals surface area contributed by atoms with Gasteiger partial charge in [-0.2, -0.15) is 5.26 Å². The Bertz CT molecular complexity index is 1020. The SMILES string of the molecule is COC(=O)/C(C#N)=C(/N)CC(=O)N1CC[C@@H](C)[C@@H](N(C)c2ncnc3[nH]ccc23)C1. The highest BCUT2D eigenvalue weighted by Crippen LogP contribution is 2.29. The Labute approximate surface area is 174 Å². The number of hydrogen-bond donors (Lipinski definition) is 2. The van der Waals surface area contributed by atoms with E-state index < -0.39 is 5.97 Å². The molecule has 0 spiro atoms. The Morgan fingerprint density at radius 1 is 1.47 bits per heavy atom. The molecule has 1 aliphatic heterocycles. The molecule has 0 bridgehead atoms. The fourth-order valence-electron chi connectivity index (χ4n) is 3.79. The highest BCUT2D eigenvalue weighted by atomic mass is 16.5. The van der Waals surface area contributed by atoms with Gasteiger partial charge in [-0.1, -0.05) is 6.92 Å². The number of nitrogens with two attached hydrogens (primary N) is 1. The second-order valence-corrected chi connectivity index (χ2v) is 7.40. The highest BCUT2D eigenvalue weighted by molar-refractivity contribution is 5.94. The summed E-state index contributed by atoms with van der Waals surface area (Å²) in [5, 5.41) is 10.0. The van der Waals surface area contributed by atoms with E-state index in [9.17, 15) is 9.59 Å². The van der Waals surface area contributed by atoms with Crippen molar-refractivity contribution >= 4 is 28.7 Å². The molecule has 10 heteroatoms. The van der Waals surface area contributed by atoms with E-state index in [1.54, 1.807) is 11.0 Å². The Kier molecular flexibility index (Phi) is 6.20. The van der Waals surface area contributed by atoms with E-state index in [0.717, 1.165) is 30.4 Å². The number of likely N-dealkylation sites (tertiary alicyclic amines) is 1. The minimum atomic E-state index is -0.841. The number of rotatable bonds is 5. The third kappa shape index (κ3) is 4.05. The van der Waals surface area contributed by atoms with Crippen LogP contribution in [0.25, 0.3) is 11.0 Å². The molecular weight excluding hydrogens is 386 g/mol.